The van der Waals surface area contributed by atoms with Gasteiger partial charge in [0.15, 0.2) is 0 Å². The molecule has 35 heavy (non-hydrogen) atoms. The predicted octanol–water partition coefficient (Wildman–Crippen LogP) is 4.85. The number of nitrogens with two attached hydrogens (primary N) is 1. The molecule has 0 unspecified atom stereocenters. The average molecular weight is 475 g/mol. The van der Waals surface area contributed by atoms with Crippen molar-refractivity contribution in [2.45, 2.75) is 32.8 Å². The Morgan fingerprint density at radius 1 is 0.857 bits per heavy atom. The van der Waals surface area contributed by atoms with Gasteiger partial charge in [-0.15, -0.1) is 0 Å². The lowest BCUT2D eigenvalue weighted by atomic mass is 9.87. The zero-order valence-electron chi connectivity index (χ0n) is 20.3. The van der Waals surface area contributed by atoms with Crippen LogP contribution in [-0.4, -0.2) is 24.8 Å². The zero-order valence-corrected chi connectivity index (χ0v) is 20.3. The van der Waals surface area contributed by atoms with Crippen molar-refractivity contribution in [2.24, 2.45) is 5.73 Å². The second-order valence-electron chi connectivity index (χ2n) is 9.04. The summed E-state index contributed by atoms with van der Waals surface area (Å²) in [5.41, 5.74) is 9.45. The van der Waals surface area contributed by atoms with E-state index in [1.165, 1.54) is 13.2 Å². The largest absolute Gasteiger partial charge is 0.384 e. The maximum atomic E-state index is 13.0. The predicted molar refractivity (Wildman–Crippen MR) is 137 cm³/mol. The summed E-state index contributed by atoms with van der Waals surface area (Å²) in [7, 11) is 1.41. The van der Waals surface area contributed by atoms with Gasteiger partial charge in [0.2, 0.25) is 0 Å². The van der Waals surface area contributed by atoms with Crippen molar-refractivity contribution in [1.29, 1.82) is 5.41 Å². The SMILES string of the molecule is COOCc1ccc(NC(=O)c2cccc(C(=N)N)c2)c(NC(=O)c2ccc(C(C)(C)C)cc2)c1. The van der Waals surface area contributed by atoms with Crippen LogP contribution >= 0.6 is 0 Å². The average Bonchev–Trinajstić information content (AvgIpc) is 2.83. The smallest absolute Gasteiger partial charge is 0.255 e. The summed E-state index contributed by atoms with van der Waals surface area (Å²) >= 11 is 0. The number of hydrogen-bond donors (Lipinski definition) is 4. The standard InChI is InChI=1S/C27H30N4O4/c1-27(2,3)21-11-9-18(10-12-21)25(32)31-23-14-17(16-35-34-4)8-13-22(23)30-26(33)20-7-5-6-19(15-20)24(28)29/h5-15H,16H2,1-4H3,(H3,28,29)(H,30,33)(H,31,32). The summed E-state index contributed by atoms with van der Waals surface area (Å²) in [5, 5.41) is 13.3. The topological polar surface area (TPSA) is 127 Å². The number of amides is 2. The monoisotopic (exact) mass is 474 g/mol. The molecule has 0 aromatic heterocycles. The number of nitrogen functional groups attached to an aromatic ring is 1. The Kier molecular flexibility index (Phi) is 8.01. The molecule has 0 saturated heterocycles. The van der Waals surface area contributed by atoms with E-state index in [1.54, 1.807) is 48.5 Å². The number of carbonyl (C=O) groups is 2. The minimum Gasteiger partial charge on any atom is -0.384 e. The summed E-state index contributed by atoms with van der Waals surface area (Å²) in [6.45, 7) is 6.48. The molecule has 5 N–H and O–H groups in total. The van der Waals surface area contributed by atoms with E-state index in [0.717, 1.165) is 11.1 Å². The fourth-order valence-corrected chi connectivity index (χ4v) is 3.36. The van der Waals surface area contributed by atoms with Crippen molar-refractivity contribution < 1.29 is 19.4 Å². The van der Waals surface area contributed by atoms with Gasteiger partial charge in [-0.05, 0) is 52.9 Å². The molecule has 0 bridgehead atoms. The van der Waals surface area contributed by atoms with Crippen molar-refractivity contribution in [2.75, 3.05) is 17.7 Å². The number of hydrogen-bond acceptors (Lipinski definition) is 5. The van der Waals surface area contributed by atoms with Crippen LogP contribution in [0.1, 0.15) is 58.2 Å². The fourth-order valence-electron chi connectivity index (χ4n) is 3.36. The molecule has 8 heteroatoms. The lowest BCUT2D eigenvalue weighted by Crippen LogP contribution is -2.18. The summed E-state index contributed by atoms with van der Waals surface area (Å²) in [6, 6.07) is 19.0. The van der Waals surface area contributed by atoms with E-state index in [-0.39, 0.29) is 23.8 Å². The first-order valence-electron chi connectivity index (χ1n) is 11.0. The highest BCUT2D eigenvalue weighted by molar-refractivity contribution is 6.10. The van der Waals surface area contributed by atoms with Gasteiger partial charge in [0.05, 0.1) is 18.5 Å². The van der Waals surface area contributed by atoms with Crippen molar-refractivity contribution in [3.8, 4) is 0 Å². The third-order valence-corrected chi connectivity index (χ3v) is 5.37. The lowest BCUT2D eigenvalue weighted by Gasteiger charge is -2.19. The van der Waals surface area contributed by atoms with Crippen LogP contribution in [0.2, 0.25) is 0 Å². The molecular formula is C27H30N4O4. The summed E-state index contributed by atoms with van der Waals surface area (Å²) in [5.74, 6) is -0.851. The minimum absolute atomic E-state index is 0.0260. The summed E-state index contributed by atoms with van der Waals surface area (Å²) in [6.07, 6.45) is 0. The minimum atomic E-state index is -0.404. The third-order valence-electron chi connectivity index (χ3n) is 5.37. The Morgan fingerprint density at radius 2 is 1.49 bits per heavy atom. The molecule has 0 spiro atoms. The van der Waals surface area contributed by atoms with Crippen LogP contribution in [0.4, 0.5) is 11.4 Å². The second-order valence-corrected chi connectivity index (χ2v) is 9.04. The van der Waals surface area contributed by atoms with E-state index in [1.807, 2.05) is 12.1 Å². The van der Waals surface area contributed by atoms with Crippen molar-refractivity contribution >= 4 is 29.0 Å². The Morgan fingerprint density at radius 3 is 2.11 bits per heavy atom. The van der Waals surface area contributed by atoms with E-state index >= 15 is 0 Å². The molecule has 0 aliphatic carbocycles. The number of benzene rings is 3. The van der Waals surface area contributed by atoms with Crippen LogP contribution in [0.15, 0.2) is 66.7 Å². The number of carbonyl (C=O) groups excluding carboxylic acids is 2. The molecule has 0 radical (unpaired) electrons. The maximum absolute atomic E-state index is 13.0. The van der Waals surface area contributed by atoms with Gasteiger partial charge in [0.1, 0.15) is 12.4 Å². The quantitative estimate of drug-likeness (QED) is 0.161. The number of anilines is 2. The molecule has 182 valence electrons. The van der Waals surface area contributed by atoms with Gasteiger partial charge >= 0.3 is 0 Å². The first kappa shape index (κ1) is 25.6. The highest BCUT2D eigenvalue weighted by atomic mass is 17.2. The van der Waals surface area contributed by atoms with Crippen LogP contribution in [-0.2, 0) is 21.8 Å². The van der Waals surface area contributed by atoms with Crippen LogP contribution < -0.4 is 16.4 Å². The molecule has 3 aromatic carbocycles. The first-order chi connectivity index (χ1) is 16.6. The molecule has 0 heterocycles. The normalized spacial score (nSPS) is 11.1. The van der Waals surface area contributed by atoms with Gasteiger partial charge in [-0.2, -0.15) is 0 Å². The van der Waals surface area contributed by atoms with E-state index in [0.29, 0.717) is 28.1 Å². The van der Waals surface area contributed by atoms with Crippen molar-refractivity contribution in [1.82, 2.24) is 0 Å². The molecule has 3 aromatic rings. The van der Waals surface area contributed by atoms with Crippen LogP contribution in [0, 0.1) is 5.41 Å². The van der Waals surface area contributed by atoms with Crippen LogP contribution in [0.25, 0.3) is 0 Å². The highest BCUT2D eigenvalue weighted by Crippen LogP contribution is 2.27. The molecule has 0 atom stereocenters. The second kappa shape index (κ2) is 10.9. The van der Waals surface area contributed by atoms with Gasteiger partial charge in [-0.25, -0.2) is 9.78 Å². The number of nitrogens with one attached hydrogen (secondary N) is 3. The van der Waals surface area contributed by atoms with Gasteiger partial charge < -0.3 is 16.4 Å². The van der Waals surface area contributed by atoms with Gasteiger partial charge in [-0.1, -0.05) is 51.1 Å². The Bertz CT molecular complexity index is 1230. The molecule has 2 amide bonds. The molecule has 8 nitrogen and oxygen atoms in total. The van der Waals surface area contributed by atoms with E-state index < -0.39 is 5.91 Å². The van der Waals surface area contributed by atoms with Crippen LogP contribution in [0.5, 0.6) is 0 Å². The zero-order chi connectivity index (χ0) is 25.6. The number of rotatable bonds is 8. The third kappa shape index (κ3) is 6.75. The summed E-state index contributed by atoms with van der Waals surface area (Å²) in [4.78, 5) is 35.6. The Balaban J connectivity index is 1.87. The Labute approximate surface area is 204 Å². The molecule has 0 fully saturated rings. The van der Waals surface area contributed by atoms with Crippen molar-refractivity contribution in [3.63, 3.8) is 0 Å². The molecular weight excluding hydrogens is 444 g/mol. The van der Waals surface area contributed by atoms with Gasteiger partial charge in [0.25, 0.3) is 11.8 Å². The first-order valence-corrected chi connectivity index (χ1v) is 11.0. The molecule has 0 saturated carbocycles. The van der Waals surface area contributed by atoms with E-state index in [9.17, 15) is 9.59 Å². The van der Waals surface area contributed by atoms with Crippen LogP contribution in [0.3, 0.4) is 0 Å². The fraction of sp³-hybridized carbons (Fsp3) is 0.222. The van der Waals surface area contributed by atoms with E-state index in [2.05, 4.69) is 36.3 Å². The van der Waals surface area contributed by atoms with E-state index in [4.69, 9.17) is 16.0 Å². The molecule has 0 aliphatic heterocycles. The highest BCUT2D eigenvalue weighted by Gasteiger charge is 2.17. The van der Waals surface area contributed by atoms with Gasteiger partial charge in [0, 0.05) is 16.7 Å². The van der Waals surface area contributed by atoms with Crippen molar-refractivity contribution in [3.05, 3.63) is 94.5 Å². The molecule has 0 aliphatic rings. The van der Waals surface area contributed by atoms with Gasteiger partial charge in [-0.3, -0.25) is 15.0 Å². The number of amidine groups is 1. The summed E-state index contributed by atoms with van der Waals surface area (Å²) < 4.78 is 0. The maximum Gasteiger partial charge on any atom is 0.255 e. The Hall–Kier alpha value is -4.01. The molecule has 3 rings (SSSR count). The lowest BCUT2D eigenvalue weighted by molar-refractivity contribution is -0.282.